The number of rotatable bonds is 14. The summed E-state index contributed by atoms with van der Waals surface area (Å²) in [6.07, 6.45) is 1.05. The molecule has 6 aromatic rings. The number of ether oxygens (including phenoxy) is 6. The summed E-state index contributed by atoms with van der Waals surface area (Å²) in [7, 11) is 3.15. The highest BCUT2D eigenvalue weighted by atomic mass is 35.5. The highest BCUT2D eigenvalue weighted by molar-refractivity contribution is 6.80. The van der Waals surface area contributed by atoms with E-state index in [1.165, 1.54) is 36.4 Å². The molecule has 12 nitrogen and oxygen atoms in total. The molecule has 0 saturated heterocycles. The highest BCUT2D eigenvalue weighted by Gasteiger charge is 2.19. The Morgan fingerprint density at radius 3 is 1.31 bits per heavy atom. The van der Waals surface area contributed by atoms with Gasteiger partial charge in [-0.05, 0) is 122 Å². The molecule has 352 valence electrons. The van der Waals surface area contributed by atoms with Gasteiger partial charge in [0.05, 0.1) is 47.5 Å². The number of halogens is 7. The number of carbonyl (C=O) groups excluding carboxylic acids is 4. The first-order valence-electron chi connectivity index (χ1n) is 19.7. The van der Waals surface area contributed by atoms with Crippen molar-refractivity contribution >= 4 is 92.5 Å². The zero-order valence-corrected chi connectivity index (χ0v) is 39.8. The van der Waals surface area contributed by atoms with Crippen molar-refractivity contribution in [3.63, 3.8) is 0 Å². The van der Waals surface area contributed by atoms with Crippen LogP contribution in [0.25, 0.3) is 0 Å². The lowest BCUT2D eigenvalue weighted by molar-refractivity contribution is -0.152. The summed E-state index contributed by atoms with van der Waals surface area (Å²) in [5, 5.41) is 2.19. The van der Waals surface area contributed by atoms with Gasteiger partial charge < -0.3 is 39.5 Å². The lowest BCUT2D eigenvalue weighted by Crippen LogP contribution is -2.24. The smallest absolute Gasteiger partial charge is 0.397 e. The fraction of sp³-hybridized carbons (Fsp3) is 0.167. The Hall–Kier alpha value is -6.29. The average Bonchev–Trinajstić information content (AvgIpc) is 3.28. The van der Waals surface area contributed by atoms with Crippen molar-refractivity contribution in [1.29, 1.82) is 0 Å². The molecule has 0 bridgehead atoms. The summed E-state index contributed by atoms with van der Waals surface area (Å²) in [6, 6.07) is 29.0. The molecule has 0 aliphatic heterocycles. The van der Waals surface area contributed by atoms with E-state index in [-0.39, 0.29) is 46.3 Å². The topological polar surface area (TPSA) is 162 Å². The summed E-state index contributed by atoms with van der Waals surface area (Å²) >= 11 is 29.7. The van der Waals surface area contributed by atoms with Crippen molar-refractivity contribution in [3.8, 4) is 34.5 Å². The van der Waals surface area contributed by atoms with Gasteiger partial charge in [0.2, 0.25) is 0 Å². The number of carbonyl (C=O) groups is 4. The van der Waals surface area contributed by atoms with Crippen molar-refractivity contribution in [1.82, 2.24) is 0 Å². The van der Waals surface area contributed by atoms with Gasteiger partial charge in [-0.2, -0.15) is 0 Å². The molecule has 0 fully saturated rings. The van der Waals surface area contributed by atoms with E-state index in [0.29, 0.717) is 57.3 Å². The molecule has 6 rings (SSSR count). The van der Waals surface area contributed by atoms with E-state index in [0.717, 1.165) is 22.3 Å². The molecule has 0 aliphatic rings. The summed E-state index contributed by atoms with van der Waals surface area (Å²) in [4.78, 5) is 43.2. The summed E-state index contributed by atoms with van der Waals surface area (Å²) < 4.78 is 57.7. The van der Waals surface area contributed by atoms with Crippen LogP contribution in [0.3, 0.4) is 0 Å². The quantitative estimate of drug-likeness (QED) is 0.0462. The fourth-order valence-corrected chi connectivity index (χ4v) is 6.97. The minimum absolute atomic E-state index is 0.0750. The molecule has 0 unspecified atom stereocenters. The third-order valence-corrected chi connectivity index (χ3v) is 10.0. The number of esters is 2. The molecule has 0 radical (unpaired) electrons. The Bertz CT molecular complexity index is 2640. The van der Waals surface area contributed by atoms with Gasteiger partial charge in [-0.3, -0.25) is 9.59 Å². The number of amides is 1. The minimum Gasteiger partial charge on any atom is -0.496 e. The number of nitrogens with two attached hydrogens (primary N) is 1. The summed E-state index contributed by atoms with van der Waals surface area (Å²) in [5.41, 5.74) is 9.92. The predicted molar refractivity (Wildman–Crippen MR) is 255 cm³/mol. The number of nitrogen functional groups attached to an aromatic ring is 1. The van der Waals surface area contributed by atoms with Crippen LogP contribution in [0, 0.1) is 11.6 Å². The molecule has 6 aromatic carbocycles. The molecule has 0 heterocycles. The Morgan fingerprint density at radius 1 is 0.567 bits per heavy atom. The highest BCUT2D eigenvalue weighted by Crippen LogP contribution is 2.41. The van der Waals surface area contributed by atoms with Gasteiger partial charge in [0.25, 0.3) is 0 Å². The van der Waals surface area contributed by atoms with Gasteiger partial charge in [0, 0.05) is 35.3 Å². The Kier molecular flexibility index (Phi) is 20.8. The van der Waals surface area contributed by atoms with Crippen molar-refractivity contribution in [3.05, 3.63) is 163 Å². The number of hydrogen-bond acceptors (Lipinski definition) is 11. The van der Waals surface area contributed by atoms with Gasteiger partial charge in [0.15, 0.2) is 11.5 Å². The molecule has 0 spiro atoms. The Labute approximate surface area is 409 Å². The van der Waals surface area contributed by atoms with Crippen LogP contribution < -0.4 is 30.0 Å². The van der Waals surface area contributed by atoms with E-state index in [1.54, 1.807) is 94.8 Å². The zero-order chi connectivity index (χ0) is 49.2. The number of anilines is 2. The van der Waals surface area contributed by atoms with Crippen LogP contribution in [0.4, 0.5) is 20.2 Å². The lowest BCUT2D eigenvalue weighted by Gasteiger charge is -2.14. The molecule has 67 heavy (non-hydrogen) atoms. The third kappa shape index (κ3) is 16.5. The zero-order valence-electron chi connectivity index (χ0n) is 36.0. The van der Waals surface area contributed by atoms with Crippen LogP contribution in [0.15, 0.2) is 109 Å². The maximum atomic E-state index is 13.2. The first kappa shape index (κ1) is 53.3. The lowest BCUT2D eigenvalue weighted by atomic mass is 10.0. The van der Waals surface area contributed by atoms with Crippen molar-refractivity contribution in [2.75, 3.05) is 38.5 Å². The van der Waals surface area contributed by atoms with E-state index in [1.807, 2.05) is 6.07 Å². The first-order valence-corrected chi connectivity index (χ1v) is 21.6. The standard InChI is InChI=1S/C24H20Cl2FNO5.C20H16Cl2FNO2.C4H5ClO3/c1-3-32-24(30)23(29)28-17-12-19(25)22(20(26)13-17)33-18-8-9-21(31-2)15(11-18)10-14-4-6-16(27)7-5-14;1-25-19-7-6-16(26-20-17(21)10-15(24)11-18(20)22)9-13(19)8-12-2-4-14(23)5-3-12;1-2-8-4(7)3(5)6/h4-9,11-13H,3,10H2,1-2H3,(H,28,29);2-7,9-11H,8,24H2,1H3;2H2,1H3. The molecule has 3 N–H and O–H groups in total. The average molecular weight is 1020 g/mol. The van der Waals surface area contributed by atoms with Crippen LogP contribution >= 0.6 is 58.0 Å². The monoisotopic (exact) mass is 1020 g/mol. The molecule has 1 amide bonds. The summed E-state index contributed by atoms with van der Waals surface area (Å²) in [6.45, 7) is 3.44. The first-order chi connectivity index (χ1) is 31.9. The largest absolute Gasteiger partial charge is 0.496 e. The van der Waals surface area contributed by atoms with E-state index < -0.39 is 23.1 Å². The summed E-state index contributed by atoms with van der Waals surface area (Å²) in [5.74, 6) is -0.692. The Morgan fingerprint density at radius 2 is 0.955 bits per heavy atom. The fourth-order valence-electron chi connectivity index (χ4n) is 5.77. The Balaban J connectivity index is 0.000000256. The molecular formula is C48H41Cl5F2N2O10. The maximum Gasteiger partial charge on any atom is 0.397 e. The third-order valence-electron chi connectivity index (χ3n) is 8.73. The second-order valence-corrected chi connectivity index (χ2v) is 15.5. The molecule has 0 saturated carbocycles. The van der Waals surface area contributed by atoms with E-state index in [2.05, 4.69) is 14.8 Å². The molecule has 19 heteroatoms. The molecule has 0 aromatic heterocycles. The predicted octanol–water partition coefficient (Wildman–Crippen LogP) is 12.4. The minimum atomic E-state index is -1.08. The van der Waals surface area contributed by atoms with Crippen LogP contribution in [-0.2, 0) is 41.5 Å². The number of hydrogen-bond donors (Lipinski definition) is 2. The van der Waals surface area contributed by atoms with Gasteiger partial charge in [0.1, 0.15) is 34.6 Å². The van der Waals surface area contributed by atoms with Crippen LogP contribution in [-0.4, -0.2) is 50.5 Å². The van der Waals surface area contributed by atoms with E-state index in [9.17, 15) is 28.0 Å². The van der Waals surface area contributed by atoms with E-state index >= 15 is 0 Å². The second kappa shape index (κ2) is 26.2. The normalized spacial score (nSPS) is 10.3. The van der Waals surface area contributed by atoms with Gasteiger partial charge in [-0.1, -0.05) is 70.7 Å². The van der Waals surface area contributed by atoms with Crippen molar-refractivity contribution < 1.29 is 56.4 Å². The van der Waals surface area contributed by atoms with Crippen LogP contribution in [0.1, 0.15) is 36.1 Å². The van der Waals surface area contributed by atoms with Gasteiger partial charge in [-0.15, -0.1) is 0 Å². The molecule has 0 aliphatic carbocycles. The SMILES string of the molecule is CCOC(=O)C(=O)Cl.CCOC(=O)C(=O)Nc1cc(Cl)c(Oc2ccc(OC)c(Cc3ccc(F)cc3)c2)c(Cl)c1.COc1ccc(Oc2c(Cl)cc(N)cc2Cl)cc1Cc1ccc(F)cc1. The van der Waals surface area contributed by atoms with Crippen LogP contribution in [0.5, 0.6) is 34.5 Å². The van der Waals surface area contributed by atoms with Gasteiger partial charge >= 0.3 is 23.1 Å². The molecule has 0 atom stereocenters. The number of nitrogens with one attached hydrogen (secondary N) is 1. The van der Waals surface area contributed by atoms with Crippen molar-refractivity contribution in [2.45, 2.75) is 26.7 Å². The van der Waals surface area contributed by atoms with Crippen molar-refractivity contribution in [2.24, 2.45) is 0 Å². The second-order valence-electron chi connectivity index (χ2n) is 13.5. The number of methoxy groups -OCH3 is 2. The molecular weight excluding hydrogens is 980 g/mol. The van der Waals surface area contributed by atoms with E-state index in [4.69, 9.17) is 82.7 Å². The number of benzene rings is 6. The van der Waals surface area contributed by atoms with Gasteiger partial charge in [-0.25, -0.2) is 18.4 Å². The maximum absolute atomic E-state index is 13.2. The van der Waals surface area contributed by atoms with Crippen LogP contribution in [0.2, 0.25) is 20.1 Å².